The van der Waals surface area contributed by atoms with E-state index < -0.39 is 30.1 Å². The number of fused-ring (bicyclic) bond motifs is 1. The quantitative estimate of drug-likeness (QED) is 0.193. The van der Waals surface area contributed by atoms with Gasteiger partial charge in [-0.3, -0.25) is 24.4 Å². The Hall–Kier alpha value is -4.78. The van der Waals surface area contributed by atoms with Crippen LogP contribution in [0.5, 0.6) is 0 Å². The van der Waals surface area contributed by atoms with Crippen molar-refractivity contribution in [2.75, 3.05) is 11.4 Å². The molecule has 0 bridgehead atoms. The molecular weight excluding hydrogens is 611 g/mol. The smallest absolute Gasteiger partial charge is 0.368 e. The third-order valence-corrected chi connectivity index (χ3v) is 8.96. The summed E-state index contributed by atoms with van der Waals surface area (Å²) in [6, 6.07) is 12.7. The highest BCUT2D eigenvalue weighted by Gasteiger charge is 2.38. The number of hydrogen-bond donors (Lipinski definition) is 4. The number of nitrogens with zero attached hydrogens (tertiary/aromatic N) is 3. The predicted molar refractivity (Wildman–Crippen MR) is 172 cm³/mol. The summed E-state index contributed by atoms with van der Waals surface area (Å²) in [7, 11) is 0. The average molecular weight is 650 g/mol. The number of pyridine rings is 1. The number of halogens is 3. The van der Waals surface area contributed by atoms with E-state index in [-0.39, 0.29) is 23.9 Å². The van der Waals surface area contributed by atoms with Gasteiger partial charge in [-0.25, -0.2) is 4.98 Å². The summed E-state index contributed by atoms with van der Waals surface area (Å²) in [4.78, 5) is 45.3. The molecule has 248 valence electrons. The van der Waals surface area contributed by atoms with Crippen LogP contribution in [0.1, 0.15) is 54.4 Å². The molecule has 1 saturated carbocycles. The molecule has 1 fully saturated rings. The van der Waals surface area contributed by atoms with E-state index >= 15 is 0 Å². The Labute approximate surface area is 270 Å². The first-order chi connectivity index (χ1) is 22.3. The predicted octanol–water partition coefficient (Wildman–Crippen LogP) is 4.81. The van der Waals surface area contributed by atoms with Gasteiger partial charge in [0.05, 0.1) is 11.7 Å². The second kappa shape index (κ2) is 13.9. The molecule has 10 nitrogen and oxygen atoms in total. The van der Waals surface area contributed by atoms with Crippen LogP contribution in [0.15, 0.2) is 60.8 Å². The third kappa shape index (κ3) is 7.62. The van der Waals surface area contributed by atoms with Gasteiger partial charge in [-0.2, -0.15) is 18.3 Å². The van der Waals surface area contributed by atoms with Gasteiger partial charge in [0.1, 0.15) is 17.8 Å². The molecule has 1 aliphatic carbocycles. The van der Waals surface area contributed by atoms with Gasteiger partial charge in [-0.05, 0) is 87.4 Å². The van der Waals surface area contributed by atoms with Crippen LogP contribution in [-0.2, 0) is 16.0 Å². The fraction of sp³-hybridized carbons (Fsp3) is 0.382. The molecule has 0 spiro atoms. The number of amides is 3. The highest BCUT2D eigenvalue weighted by molar-refractivity contribution is 6.03. The van der Waals surface area contributed by atoms with Gasteiger partial charge in [0, 0.05) is 34.7 Å². The lowest BCUT2D eigenvalue weighted by molar-refractivity contribution is -0.149. The Kier molecular flexibility index (Phi) is 9.94. The molecule has 2 aromatic carbocycles. The lowest BCUT2D eigenvalue weighted by atomic mass is 9.81. The van der Waals surface area contributed by atoms with Crippen LogP contribution in [0.2, 0.25) is 0 Å². The number of anilines is 1. The van der Waals surface area contributed by atoms with Gasteiger partial charge < -0.3 is 16.8 Å². The fourth-order valence-corrected chi connectivity index (χ4v) is 6.09. The molecule has 5 rings (SSSR count). The number of H-pyrrole nitrogens is 1. The zero-order valence-electron chi connectivity index (χ0n) is 26.2. The molecule has 2 heterocycles. The van der Waals surface area contributed by atoms with Crippen molar-refractivity contribution in [2.45, 2.75) is 64.2 Å². The first kappa shape index (κ1) is 33.6. The molecule has 1 unspecified atom stereocenters. The summed E-state index contributed by atoms with van der Waals surface area (Å²) in [6.07, 6.45) is 0.319. The maximum absolute atomic E-state index is 14.1. The van der Waals surface area contributed by atoms with Gasteiger partial charge in [-0.1, -0.05) is 30.3 Å². The Morgan fingerprint density at radius 1 is 1.04 bits per heavy atom. The molecule has 3 amide bonds. The van der Waals surface area contributed by atoms with Crippen molar-refractivity contribution in [3.05, 3.63) is 77.7 Å². The van der Waals surface area contributed by atoms with Crippen molar-refractivity contribution in [3.63, 3.8) is 0 Å². The summed E-state index contributed by atoms with van der Waals surface area (Å²) < 4.78 is 38.6. The molecule has 0 aliphatic heterocycles. The Bertz CT molecular complexity index is 1750. The number of carbonyl (C=O) groups is 3. The molecule has 2 aromatic heterocycles. The summed E-state index contributed by atoms with van der Waals surface area (Å²) in [5, 5.41) is 9.78. The van der Waals surface area contributed by atoms with Crippen LogP contribution < -0.4 is 21.7 Å². The minimum Gasteiger partial charge on any atom is -0.368 e. The average Bonchev–Trinajstić information content (AvgIpc) is 3.52. The maximum atomic E-state index is 14.1. The van der Waals surface area contributed by atoms with Gasteiger partial charge >= 0.3 is 6.18 Å². The van der Waals surface area contributed by atoms with Gasteiger partial charge in [0.25, 0.3) is 5.91 Å². The molecule has 13 heteroatoms. The van der Waals surface area contributed by atoms with Gasteiger partial charge in [0.15, 0.2) is 0 Å². The largest absolute Gasteiger partial charge is 0.408 e. The van der Waals surface area contributed by atoms with Gasteiger partial charge in [-0.15, -0.1) is 0 Å². The molecule has 0 radical (unpaired) electrons. The van der Waals surface area contributed by atoms with E-state index in [1.165, 1.54) is 11.0 Å². The second-order valence-corrected chi connectivity index (χ2v) is 12.2. The van der Waals surface area contributed by atoms with Crippen molar-refractivity contribution < 1.29 is 27.6 Å². The number of rotatable bonds is 10. The van der Waals surface area contributed by atoms with E-state index in [1.807, 2.05) is 35.6 Å². The van der Waals surface area contributed by atoms with Crippen molar-refractivity contribution in [1.29, 1.82) is 0 Å². The normalized spacial score (nSPS) is 18.0. The minimum absolute atomic E-state index is 0.127. The molecule has 4 aromatic rings. The number of aromatic nitrogens is 3. The van der Waals surface area contributed by atoms with Crippen LogP contribution in [0.4, 0.5) is 18.9 Å². The summed E-state index contributed by atoms with van der Waals surface area (Å²) in [5.41, 5.74) is 15.6. The summed E-state index contributed by atoms with van der Waals surface area (Å²) in [5.74, 6) is -1.61. The third-order valence-electron chi connectivity index (χ3n) is 8.96. The number of aromatic amines is 1. The van der Waals surface area contributed by atoms with Crippen molar-refractivity contribution in [3.8, 4) is 11.1 Å². The highest BCUT2D eigenvalue weighted by Crippen LogP contribution is 2.33. The number of aryl methyl sites for hydroxylation is 1. The van der Waals surface area contributed by atoms with Crippen LogP contribution >= 0.6 is 0 Å². The molecule has 6 N–H and O–H groups in total. The monoisotopic (exact) mass is 649 g/mol. The van der Waals surface area contributed by atoms with Gasteiger partial charge in [0.2, 0.25) is 11.8 Å². The minimum atomic E-state index is -4.57. The Balaban J connectivity index is 1.38. The standard InChI is InChI=1S/C34H38F3N7O3/c1-19-27(13-14-28(41-19)32(46)42-20(2)34(35,36)37)23-7-3-21(4-8-23)15-30(31(39)45)44(26-12-11-25-18-40-43-29(25)16-26)33(47)24-9-5-22(17-38)6-10-24/h3-4,7-8,11-14,16,18,20,22,24,30H,5-6,9-10,15,17,38H2,1-2H3,(H2,39,45)(H,40,43)(H,42,46)/t20?,22?,24?,30-/m0/s1. The first-order valence-corrected chi connectivity index (χ1v) is 15.6. The zero-order valence-corrected chi connectivity index (χ0v) is 26.2. The van der Waals surface area contributed by atoms with E-state index in [0.29, 0.717) is 42.2 Å². The van der Waals surface area contributed by atoms with Crippen molar-refractivity contribution in [2.24, 2.45) is 23.3 Å². The van der Waals surface area contributed by atoms with Crippen LogP contribution in [0.3, 0.4) is 0 Å². The van der Waals surface area contributed by atoms with Crippen molar-refractivity contribution >= 4 is 34.3 Å². The summed E-state index contributed by atoms with van der Waals surface area (Å²) in [6.45, 7) is 3.11. The number of primary amides is 1. The van der Waals surface area contributed by atoms with E-state index in [0.717, 1.165) is 41.8 Å². The summed E-state index contributed by atoms with van der Waals surface area (Å²) >= 11 is 0. The van der Waals surface area contributed by atoms with Crippen LogP contribution in [0, 0.1) is 18.8 Å². The lowest BCUT2D eigenvalue weighted by Gasteiger charge is -2.35. The zero-order chi connectivity index (χ0) is 33.9. The number of hydrogen-bond acceptors (Lipinski definition) is 6. The van der Waals surface area contributed by atoms with E-state index in [2.05, 4.69) is 15.2 Å². The molecule has 0 saturated heterocycles. The highest BCUT2D eigenvalue weighted by atomic mass is 19.4. The van der Waals surface area contributed by atoms with E-state index in [4.69, 9.17) is 11.5 Å². The number of alkyl halides is 3. The lowest BCUT2D eigenvalue weighted by Crippen LogP contribution is -2.52. The number of nitrogens with two attached hydrogens (primary N) is 2. The topological polar surface area (TPSA) is 160 Å². The molecule has 1 aliphatic rings. The first-order valence-electron chi connectivity index (χ1n) is 15.6. The Morgan fingerprint density at radius 2 is 1.74 bits per heavy atom. The van der Waals surface area contributed by atoms with Crippen LogP contribution in [0.25, 0.3) is 22.0 Å². The molecule has 47 heavy (non-hydrogen) atoms. The number of benzene rings is 2. The fourth-order valence-electron chi connectivity index (χ4n) is 6.09. The van der Waals surface area contributed by atoms with Crippen LogP contribution in [-0.4, -0.2) is 57.7 Å². The van der Waals surface area contributed by atoms with E-state index in [1.54, 1.807) is 31.3 Å². The van der Waals surface area contributed by atoms with E-state index in [9.17, 15) is 27.6 Å². The molecular formula is C34H38F3N7O3. The maximum Gasteiger partial charge on any atom is 0.408 e. The second-order valence-electron chi connectivity index (χ2n) is 12.2. The molecule has 2 atom stereocenters. The number of nitrogens with one attached hydrogen (secondary N) is 2. The van der Waals surface area contributed by atoms with Crippen molar-refractivity contribution in [1.82, 2.24) is 20.5 Å². The Morgan fingerprint density at radius 3 is 2.36 bits per heavy atom. The SMILES string of the molecule is Cc1nc(C(=O)NC(C)C(F)(F)F)ccc1-c1ccc(C[C@@H](C(N)=O)N(C(=O)C2CCC(CN)CC2)c2ccc3cn[nH]c3c2)cc1. The number of carbonyl (C=O) groups excluding carboxylic acids is 3.